The van der Waals surface area contributed by atoms with Crippen molar-refractivity contribution in [2.75, 3.05) is 0 Å². The van der Waals surface area contributed by atoms with E-state index in [-0.39, 0.29) is 12.8 Å². The van der Waals surface area contributed by atoms with Crippen LogP contribution in [0.4, 0.5) is 0 Å². The van der Waals surface area contributed by atoms with Gasteiger partial charge in [0.1, 0.15) is 0 Å². The first kappa shape index (κ1) is 12.6. The Balaban J connectivity index is 0.00000144. The Bertz CT molecular complexity index is 255. The van der Waals surface area contributed by atoms with Crippen molar-refractivity contribution in [3.05, 3.63) is 16.1 Å². The van der Waals surface area contributed by atoms with Gasteiger partial charge in [-0.1, -0.05) is 42.0 Å². The zero-order valence-electron chi connectivity index (χ0n) is 8.51. The van der Waals surface area contributed by atoms with Crippen LogP contribution in [0.5, 0.6) is 0 Å². The molecule has 2 heteroatoms. The molecule has 0 aliphatic rings. The van der Waals surface area contributed by atoms with E-state index in [2.05, 4.69) is 39.6 Å². The largest absolute Gasteiger partial charge is 0.249 e. The van der Waals surface area contributed by atoms with E-state index in [1.165, 1.54) is 10.6 Å². The van der Waals surface area contributed by atoms with E-state index in [1.807, 2.05) is 5.51 Å². The Morgan fingerprint density at radius 1 is 1.31 bits per heavy atom. The van der Waals surface area contributed by atoms with Crippen LogP contribution in [0.2, 0.25) is 0 Å². The lowest BCUT2D eigenvalue weighted by atomic mass is 9.90. The van der Waals surface area contributed by atoms with E-state index < -0.39 is 0 Å². The Hall–Kier alpha value is -0.370. The van der Waals surface area contributed by atoms with E-state index in [1.54, 1.807) is 11.3 Å². The minimum absolute atomic E-state index is 0. The van der Waals surface area contributed by atoms with Crippen LogP contribution in [0.3, 0.4) is 0 Å². The lowest BCUT2D eigenvalue weighted by molar-refractivity contribution is 0.587. The van der Waals surface area contributed by atoms with Gasteiger partial charge in [0.15, 0.2) is 0 Å². The number of aromatic nitrogens is 1. The number of nitrogens with zero attached hydrogens (tertiary/aromatic N) is 1. The number of hydrogen-bond donors (Lipinski definition) is 0. The lowest BCUT2D eigenvalue weighted by Crippen LogP contribution is -2.12. The highest BCUT2D eigenvalue weighted by Gasteiger charge is 2.21. The van der Waals surface area contributed by atoms with Crippen molar-refractivity contribution < 1.29 is 0 Å². The molecule has 76 valence electrons. The normalized spacial score (nSPS) is 11.5. The van der Waals surface area contributed by atoms with Gasteiger partial charge in [-0.3, -0.25) is 0 Å². The molecule has 1 heterocycles. The summed E-state index contributed by atoms with van der Waals surface area (Å²) in [6.07, 6.45) is 0. The summed E-state index contributed by atoms with van der Waals surface area (Å²) in [5.41, 5.74) is 3.48. The van der Waals surface area contributed by atoms with Crippen molar-refractivity contribution in [1.29, 1.82) is 0 Å². The van der Waals surface area contributed by atoms with Gasteiger partial charge in [0.2, 0.25) is 0 Å². The summed E-state index contributed by atoms with van der Waals surface area (Å²) in [6.45, 7) is 11.1. The van der Waals surface area contributed by atoms with Crippen LogP contribution in [0.25, 0.3) is 0 Å². The van der Waals surface area contributed by atoms with Crippen molar-refractivity contribution >= 4 is 11.3 Å². The van der Waals surface area contributed by atoms with Gasteiger partial charge in [-0.15, -0.1) is 11.3 Å². The van der Waals surface area contributed by atoms with E-state index in [0.29, 0.717) is 5.92 Å². The minimum Gasteiger partial charge on any atom is -0.249 e. The summed E-state index contributed by atoms with van der Waals surface area (Å²) < 4.78 is 0. The first-order valence-corrected chi connectivity index (χ1v) is 5.24. The summed E-state index contributed by atoms with van der Waals surface area (Å²) in [5, 5.41) is 0. The Kier molecular flexibility index (Phi) is 4.11. The van der Waals surface area contributed by atoms with Crippen LogP contribution in [0, 0.1) is 0 Å². The summed E-state index contributed by atoms with van der Waals surface area (Å²) in [7, 11) is 0. The minimum atomic E-state index is 0. The van der Waals surface area contributed by atoms with Gasteiger partial charge >= 0.3 is 0 Å². The second-order valence-electron chi connectivity index (χ2n) is 4.47. The molecule has 0 radical (unpaired) electrons. The fourth-order valence-electron chi connectivity index (χ4n) is 1.23. The second kappa shape index (κ2) is 4.23. The van der Waals surface area contributed by atoms with E-state index in [9.17, 15) is 0 Å². The van der Waals surface area contributed by atoms with E-state index in [0.717, 1.165) is 0 Å². The highest BCUT2D eigenvalue weighted by atomic mass is 32.1. The van der Waals surface area contributed by atoms with Crippen LogP contribution in [0.1, 0.15) is 58.5 Å². The van der Waals surface area contributed by atoms with Crippen molar-refractivity contribution in [1.82, 2.24) is 4.98 Å². The molecule has 0 bridgehead atoms. The Labute approximate surface area is 86.2 Å². The van der Waals surface area contributed by atoms with Crippen molar-refractivity contribution in [2.24, 2.45) is 0 Å². The molecule has 1 aromatic heterocycles. The summed E-state index contributed by atoms with van der Waals surface area (Å²) in [5.74, 6) is 0.547. The molecule has 0 aliphatic carbocycles. The molecule has 0 atom stereocenters. The Morgan fingerprint density at radius 3 is 2.15 bits per heavy atom. The standard InChI is InChI=1S/C10H17NS.CH4/c1-7(2)8-9(10(3,4)5)12-6-11-8;/h6-7H,1-5H3;1H4. The first-order valence-electron chi connectivity index (χ1n) is 4.37. The summed E-state index contributed by atoms with van der Waals surface area (Å²) in [4.78, 5) is 5.83. The average Bonchev–Trinajstić information content (AvgIpc) is 2.30. The van der Waals surface area contributed by atoms with Gasteiger partial charge in [-0.25, -0.2) is 4.98 Å². The van der Waals surface area contributed by atoms with E-state index in [4.69, 9.17) is 0 Å². The zero-order chi connectivity index (χ0) is 9.35. The highest BCUT2D eigenvalue weighted by molar-refractivity contribution is 7.09. The van der Waals surface area contributed by atoms with Gasteiger partial charge in [0, 0.05) is 4.88 Å². The molecule has 0 N–H and O–H groups in total. The summed E-state index contributed by atoms with van der Waals surface area (Å²) >= 11 is 1.77. The molecule has 1 aromatic rings. The van der Waals surface area contributed by atoms with Crippen LogP contribution in [0.15, 0.2) is 5.51 Å². The first-order chi connectivity index (χ1) is 5.43. The molecule has 1 rings (SSSR count). The van der Waals surface area contributed by atoms with Crippen molar-refractivity contribution in [2.45, 2.75) is 53.4 Å². The molecule has 0 saturated carbocycles. The second-order valence-corrected chi connectivity index (χ2v) is 5.33. The molecular weight excluding hydrogens is 178 g/mol. The molecule has 13 heavy (non-hydrogen) atoms. The van der Waals surface area contributed by atoms with Gasteiger partial charge in [0.05, 0.1) is 11.2 Å². The Morgan fingerprint density at radius 2 is 1.85 bits per heavy atom. The van der Waals surface area contributed by atoms with E-state index >= 15 is 0 Å². The van der Waals surface area contributed by atoms with Crippen LogP contribution < -0.4 is 0 Å². The predicted octanol–water partition coefficient (Wildman–Crippen LogP) is 4.20. The average molecular weight is 199 g/mol. The maximum atomic E-state index is 4.40. The van der Waals surface area contributed by atoms with Gasteiger partial charge in [0.25, 0.3) is 0 Å². The SMILES string of the molecule is C.CC(C)c1ncsc1C(C)(C)C. The van der Waals surface area contributed by atoms with Crippen LogP contribution in [-0.4, -0.2) is 4.98 Å². The number of rotatable bonds is 1. The third-order valence-corrected chi connectivity index (χ3v) is 3.09. The monoisotopic (exact) mass is 199 g/mol. The zero-order valence-corrected chi connectivity index (χ0v) is 9.33. The maximum absolute atomic E-state index is 4.40. The van der Waals surface area contributed by atoms with Crippen LogP contribution in [-0.2, 0) is 5.41 Å². The van der Waals surface area contributed by atoms with Gasteiger partial charge < -0.3 is 0 Å². The smallest absolute Gasteiger partial charge is 0.0798 e. The van der Waals surface area contributed by atoms with Crippen molar-refractivity contribution in [3.8, 4) is 0 Å². The van der Waals surface area contributed by atoms with Crippen LogP contribution >= 0.6 is 11.3 Å². The molecule has 0 fully saturated rings. The maximum Gasteiger partial charge on any atom is 0.0798 e. The molecule has 0 spiro atoms. The molecule has 1 nitrogen and oxygen atoms in total. The number of thiazole rings is 1. The molecule has 0 aliphatic heterocycles. The number of hydrogen-bond acceptors (Lipinski definition) is 2. The van der Waals surface area contributed by atoms with Gasteiger partial charge in [-0.05, 0) is 11.3 Å². The molecule has 0 aromatic carbocycles. The molecule has 0 unspecified atom stereocenters. The molecule has 0 saturated heterocycles. The fraction of sp³-hybridized carbons (Fsp3) is 0.727. The molecule has 0 amide bonds. The lowest BCUT2D eigenvalue weighted by Gasteiger charge is -2.19. The fourth-order valence-corrected chi connectivity index (χ4v) is 2.26. The quantitative estimate of drug-likeness (QED) is 0.660. The predicted molar refractivity (Wildman–Crippen MR) is 61.6 cm³/mol. The third kappa shape index (κ3) is 2.80. The third-order valence-electron chi connectivity index (χ3n) is 1.82. The van der Waals surface area contributed by atoms with Gasteiger partial charge in [-0.2, -0.15) is 0 Å². The topological polar surface area (TPSA) is 12.9 Å². The summed E-state index contributed by atoms with van der Waals surface area (Å²) in [6, 6.07) is 0. The molecular formula is C11H21NS. The van der Waals surface area contributed by atoms with Crippen molar-refractivity contribution in [3.63, 3.8) is 0 Å². The highest BCUT2D eigenvalue weighted by Crippen LogP contribution is 2.32.